The Labute approximate surface area is 170 Å². The van der Waals surface area contributed by atoms with Crippen molar-refractivity contribution in [3.63, 3.8) is 0 Å². The monoisotopic (exact) mass is 422 g/mol. The molecule has 1 amide bonds. The first-order valence-corrected chi connectivity index (χ1v) is 11.8. The van der Waals surface area contributed by atoms with Gasteiger partial charge in [0.1, 0.15) is 0 Å². The molecule has 152 valence electrons. The van der Waals surface area contributed by atoms with E-state index in [9.17, 15) is 13.2 Å². The minimum atomic E-state index is -3.59. The van der Waals surface area contributed by atoms with Gasteiger partial charge >= 0.3 is 0 Å². The fourth-order valence-electron chi connectivity index (χ4n) is 3.26. The van der Waals surface area contributed by atoms with Crippen LogP contribution in [0.5, 0.6) is 0 Å². The second-order valence-corrected chi connectivity index (χ2v) is 9.76. The van der Waals surface area contributed by atoms with E-state index in [1.54, 1.807) is 18.2 Å². The van der Waals surface area contributed by atoms with Crippen LogP contribution in [0.1, 0.15) is 31.9 Å². The van der Waals surface area contributed by atoms with Crippen LogP contribution in [0.25, 0.3) is 0 Å². The van der Waals surface area contributed by atoms with Crippen molar-refractivity contribution in [1.82, 2.24) is 14.6 Å². The fraction of sp³-hybridized carbons (Fsp3) is 0.474. The molecule has 1 unspecified atom stereocenters. The molecule has 28 heavy (non-hydrogen) atoms. The number of hydrogen-bond acceptors (Lipinski definition) is 6. The molecule has 7 nitrogen and oxygen atoms in total. The molecule has 0 saturated carbocycles. The summed E-state index contributed by atoms with van der Waals surface area (Å²) in [6, 6.07) is 8.10. The highest BCUT2D eigenvalue weighted by Gasteiger charge is 2.18. The van der Waals surface area contributed by atoms with Crippen LogP contribution in [-0.2, 0) is 21.4 Å². The van der Waals surface area contributed by atoms with Crippen molar-refractivity contribution >= 4 is 32.4 Å². The third-order valence-electron chi connectivity index (χ3n) is 4.62. The molecular weight excluding hydrogens is 396 g/mol. The normalized spacial score (nSPS) is 18.1. The minimum absolute atomic E-state index is 0.0347. The molecule has 1 aliphatic rings. The lowest BCUT2D eigenvalue weighted by molar-refractivity contribution is -0.116. The van der Waals surface area contributed by atoms with Gasteiger partial charge < -0.3 is 5.32 Å². The molecule has 1 aromatic heterocycles. The topological polar surface area (TPSA) is 91.4 Å². The number of carbonyl (C=O) groups is 1. The molecule has 1 fully saturated rings. The lowest BCUT2D eigenvalue weighted by Crippen LogP contribution is -2.33. The van der Waals surface area contributed by atoms with Gasteiger partial charge in [-0.15, -0.1) is 11.3 Å². The van der Waals surface area contributed by atoms with E-state index >= 15 is 0 Å². The summed E-state index contributed by atoms with van der Waals surface area (Å²) in [4.78, 5) is 19.2. The number of rotatable bonds is 8. The Hall–Kier alpha value is -1.81. The van der Waals surface area contributed by atoms with Crippen LogP contribution in [-0.4, -0.2) is 43.8 Å². The van der Waals surface area contributed by atoms with Crippen molar-refractivity contribution in [1.29, 1.82) is 0 Å². The van der Waals surface area contributed by atoms with Crippen LogP contribution in [0.4, 0.5) is 5.13 Å². The zero-order valence-corrected chi connectivity index (χ0v) is 17.6. The van der Waals surface area contributed by atoms with Crippen molar-refractivity contribution in [2.45, 2.75) is 37.6 Å². The fourth-order valence-corrected chi connectivity index (χ4v) is 5.03. The van der Waals surface area contributed by atoms with Gasteiger partial charge in [0, 0.05) is 31.4 Å². The summed E-state index contributed by atoms with van der Waals surface area (Å²) in [5.41, 5.74) is 0.958. The summed E-state index contributed by atoms with van der Waals surface area (Å²) in [6.07, 6.45) is 2.54. The maximum atomic E-state index is 12.1. The lowest BCUT2D eigenvalue weighted by Gasteiger charge is -2.30. The highest BCUT2D eigenvalue weighted by atomic mass is 32.2. The van der Waals surface area contributed by atoms with Gasteiger partial charge in [-0.1, -0.05) is 25.1 Å². The Morgan fingerprint density at radius 3 is 2.86 bits per heavy atom. The molecule has 1 saturated heterocycles. The Bertz CT molecular complexity index is 884. The molecule has 0 bridgehead atoms. The predicted molar refractivity (Wildman–Crippen MR) is 111 cm³/mol. The summed E-state index contributed by atoms with van der Waals surface area (Å²) in [5, 5.41) is 5.27. The Kier molecular flexibility index (Phi) is 7.17. The van der Waals surface area contributed by atoms with Gasteiger partial charge in [0.25, 0.3) is 0 Å². The second-order valence-electron chi connectivity index (χ2n) is 7.14. The van der Waals surface area contributed by atoms with Gasteiger partial charge in [0.05, 0.1) is 10.6 Å². The van der Waals surface area contributed by atoms with Crippen LogP contribution >= 0.6 is 11.3 Å². The quantitative estimate of drug-likeness (QED) is 0.682. The molecule has 0 aliphatic carbocycles. The summed E-state index contributed by atoms with van der Waals surface area (Å²) >= 11 is 1.39. The molecule has 0 spiro atoms. The zero-order valence-electron chi connectivity index (χ0n) is 15.9. The van der Waals surface area contributed by atoms with E-state index in [1.165, 1.54) is 36.3 Å². The molecule has 2 heterocycles. The number of carbonyl (C=O) groups excluding carboxylic acids is 1. The van der Waals surface area contributed by atoms with Crippen LogP contribution < -0.4 is 10.0 Å². The first kappa shape index (κ1) is 20.9. The number of sulfonamides is 1. The Balaban J connectivity index is 1.43. The molecule has 1 aliphatic heterocycles. The summed E-state index contributed by atoms with van der Waals surface area (Å²) < 4.78 is 26.7. The molecular formula is C19H26N4O3S2. The van der Waals surface area contributed by atoms with E-state index in [0.717, 1.165) is 25.3 Å². The molecule has 9 heteroatoms. The number of amides is 1. The summed E-state index contributed by atoms with van der Waals surface area (Å²) in [6.45, 7) is 5.28. The first-order valence-electron chi connectivity index (χ1n) is 9.44. The van der Waals surface area contributed by atoms with Crippen molar-refractivity contribution in [2.24, 2.45) is 5.92 Å². The number of nitrogens with zero attached hydrogens (tertiary/aromatic N) is 2. The summed E-state index contributed by atoms with van der Waals surface area (Å²) in [5.74, 6) is 0.453. The van der Waals surface area contributed by atoms with Gasteiger partial charge in [0.2, 0.25) is 15.9 Å². The van der Waals surface area contributed by atoms with Crippen LogP contribution in [0.15, 0.2) is 40.6 Å². The van der Waals surface area contributed by atoms with Gasteiger partial charge in [-0.2, -0.15) is 0 Å². The van der Waals surface area contributed by atoms with E-state index in [0.29, 0.717) is 11.0 Å². The van der Waals surface area contributed by atoms with E-state index in [4.69, 9.17) is 0 Å². The number of piperidine rings is 1. The average molecular weight is 423 g/mol. The molecule has 3 rings (SSSR count). The van der Waals surface area contributed by atoms with E-state index < -0.39 is 10.0 Å². The zero-order chi connectivity index (χ0) is 20.0. The van der Waals surface area contributed by atoms with E-state index in [-0.39, 0.29) is 23.8 Å². The van der Waals surface area contributed by atoms with Crippen LogP contribution in [0.2, 0.25) is 0 Å². The highest BCUT2D eigenvalue weighted by molar-refractivity contribution is 7.89. The molecule has 0 radical (unpaired) electrons. The average Bonchev–Trinajstić information content (AvgIpc) is 3.09. The molecule has 2 N–H and O–H groups in total. The number of anilines is 1. The number of nitrogens with one attached hydrogen (secondary N) is 2. The number of thiazole rings is 1. The smallest absolute Gasteiger partial charge is 0.240 e. The number of likely N-dealkylation sites (tertiary alicyclic amines) is 1. The van der Waals surface area contributed by atoms with Crippen molar-refractivity contribution < 1.29 is 13.2 Å². The van der Waals surface area contributed by atoms with Crippen LogP contribution in [0.3, 0.4) is 0 Å². The first-order chi connectivity index (χ1) is 13.4. The van der Waals surface area contributed by atoms with Crippen LogP contribution in [0, 0.1) is 5.92 Å². The molecule has 1 atom stereocenters. The predicted octanol–water partition coefficient (Wildman–Crippen LogP) is 2.68. The maximum Gasteiger partial charge on any atom is 0.240 e. The van der Waals surface area contributed by atoms with E-state index in [2.05, 4.69) is 26.8 Å². The Morgan fingerprint density at radius 1 is 1.32 bits per heavy atom. The standard InChI is InChI=1S/C19H26N4O3S2/c1-15-6-5-11-23(12-15)13-16-14-27-19(21-16)22-18(24)9-10-20-28(25,26)17-7-3-2-4-8-17/h2-4,7-8,14-15,20H,5-6,9-13H2,1H3,(H,21,22,24). The highest BCUT2D eigenvalue weighted by Crippen LogP contribution is 2.21. The third-order valence-corrected chi connectivity index (χ3v) is 6.91. The SMILES string of the molecule is CC1CCCN(Cc2csc(NC(=O)CCNS(=O)(=O)c3ccccc3)n2)C1. The number of aromatic nitrogens is 1. The van der Waals surface area contributed by atoms with Crippen molar-refractivity contribution in [2.75, 3.05) is 25.0 Å². The van der Waals surface area contributed by atoms with Gasteiger partial charge in [0.15, 0.2) is 5.13 Å². The minimum Gasteiger partial charge on any atom is -0.302 e. The maximum absolute atomic E-state index is 12.1. The molecule has 2 aromatic rings. The number of hydrogen-bond donors (Lipinski definition) is 2. The van der Waals surface area contributed by atoms with Gasteiger partial charge in [-0.3, -0.25) is 9.69 Å². The van der Waals surface area contributed by atoms with Gasteiger partial charge in [-0.25, -0.2) is 18.1 Å². The molecule has 1 aromatic carbocycles. The summed E-state index contributed by atoms with van der Waals surface area (Å²) in [7, 11) is -3.59. The van der Waals surface area contributed by atoms with Crippen molar-refractivity contribution in [3.8, 4) is 0 Å². The largest absolute Gasteiger partial charge is 0.302 e. The van der Waals surface area contributed by atoms with Gasteiger partial charge in [-0.05, 0) is 37.4 Å². The second kappa shape index (κ2) is 9.60. The van der Waals surface area contributed by atoms with E-state index in [1.807, 2.05) is 5.38 Å². The Morgan fingerprint density at radius 2 is 2.11 bits per heavy atom. The number of benzene rings is 1. The third kappa shape index (κ3) is 6.10. The lowest BCUT2D eigenvalue weighted by atomic mass is 10.0. The van der Waals surface area contributed by atoms with Crippen molar-refractivity contribution in [3.05, 3.63) is 41.4 Å².